The molecule has 4 nitrogen and oxygen atoms in total. The highest BCUT2D eigenvalue weighted by Gasteiger charge is 2.51. The fourth-order valence-corrected chi connectivity index (χ4v) is 11.3. The molecule has 3 rings (SSSR count). The molecule has 1 aromatic heterocycles. The summed E-state index contributed by atoms with van der Waals surface area (Å²) in [4.78, 5) is 0. The second kappa shape index (κ2) is 8.02. The van der Waals surface area contributed by atoms with Crippen LogP contribution in [-0.4, -0.2) is 26.6 Å². The van der Waals surface area contributed by atoms with Crippen LogP contribution < -0.4 is 14.7 Å². The summed E-state index contributed by atoms with van der Waals surface area (Å²) >= 11 is 0. The zero-order valence-corrected chi connectivity index (χ0v) is 19.9. The van der Waals surface area contributed by atoms with Gasteiger partial charge in [0.1, 0.15) is 13.8 Å². The Balaban J connectivity index is 2.35. The van der Waals surface area contributed by atoms with Crippen molar-refractivity contribution in [2.45, 2.75) is 44.3 Å². The Bertz CT molecular complexity index is 1190. The Kier molecular flexibility index (Phi) is 6.05. The van der Waals surface area contributed by atoms with Gasteiger partial charge in [-0.25, -0.2) is 0 Å². The van der Waals surface area contributed by atoms with Crippen LogP contribution in [0.4, 0.5) is 13.2 Å². The van der Waals surface area contributed by atoms with Crippen molar-refractivity contribution < 1.29 is 25.8 Å². The standard InChI is InChI=1S/C22H26F3NO3SSi/c1-15(2)31(16(3)4,21-14-17-10-6-7-11-18(17)26(21)5)20-13-9-8-12-19(20)29-30(27,28)22(23,24)25/h6-16H,1-5H3. The molecule has 0 spiro atoms. The molecule has 0 amide bonds. The van der Waals surface area contributed by atoms with E-state index in [1.165, 1.54) is 12.1 Å². The molecule has 0 bridgehead atoms. The number of alkyl halides is 3. The first-order chi connectivity index (χ1) is 14.3. The summed E-state index contributed by atoms with van der Waals surface area (Å²) in [6.07, 6.45) is 0. The molecule has 9 heteroatoms. The molecule has 2 aromatic carbocycles. The van der Waals surface area contributed by atoms with Crippen molar-refractivity contribution in [3.05, 3.63) is 54.6 Å². The topological polar surface area (TPSA) is 48.3 Å². The average molecular weight is 470 g/mol. The smallest absolute Gasteiger partial charge is 0.376 e. The maximum Gasteiger partial charge on any atom is 0.534 e. The van der Waals surface area contributed by atoms with E-state index in [0.717, 1.165) is 16.2 Å². The predicted molar refractivity (Wildman–Crippen MR) is 120 cm³/mol. The number of fused-ring (bicyclic) bond motifs is 1. The van der Waals surface area contributed by atoms with Gasteiger partial charge in [0.25, 0.3) is 0 Å². The Morgan fingerprint density at radius 3 is 2.03 bits per heavy atom. The SMILES string of the molecule is CC(C)[Si](c1ccccc1OS(=O)(=O)C(F)(F)F)(c1cc2ccccc2n1C)C(C)C. The molecular formula is C22H26F3NO3SSi. The van der Waals surface area contributed by atoms with Gasteiger partial charge in [-0.05, 0) is 39.9 Å². The van der Waals surface area contributed by atoms with Gasteiger partial charge in [-0.3, -0.25) is 0 Å². The van der Waals surface area contributed by atoms with Crippen molar-refractivity contribution in [2.24, 2.45) is 7.05 Å². The predicted octanol–water partition coefficient (Wildman–Crippen LogP) is 4.79. The van der Waals surface area contributed by atoms with Crippen LogP contribution >= 0.6 is 0 Å². The molecule has 0 saturated heterocycles. The average Bonchev–Trinajstić information content (AvgIpc) is 2.99. The van der Waals surface area contributed by atoms with Crippen molar-refractivity contribution in [1.29, 1.82) is 0 Å². The lowest BCUT2D eigenvalue weighted by atomic mass is 10.2. The van der Waals surface area contributed by atoms with E-state index < -0.39 is 23.7 Å². The van der Waals surface area contributed by atoms with Gasteiger partial charge in [0.2, 0.25) is 0 Å². The third kappa shape index (κ3) is 3.78. The van der Waals surface area contributed by atoms with Gasteiger partial charge in [-0.2, -0.15) is 21.6 Å². The number of aromatic nitrogens is 1. The Hall–Kier alpha value is -2.26. The summed E-state index contributed by atoms with van der Waals surface area (Å²) in [7, 11) is -6.67. The highest BCUT2D eigenvalue weighted by molar-refractivity contribution is 7.88. The molecule has 0 aliphatic carbocycles. The summed E-state index contributed by atoms with van der Waals surface area (Å²) in [6.45, 7) is 8.16. The molecule has 168 valence electrons. The number of hydrogen-bond acceptors (Lipinski definition) is 3. The number of hydrogen-bond donors (Lipinski definition) is 0. The summed E-state index contributed by atoms with van der Waals surface area (Å²) in [5.41, 5.74) is -4.39. The van der Waals surface area contributed by atoms with Crippen molar-refractivity contribution in [3.8, 4) is 5.75 Å². The van der Waals surface area contributed by atoms with E-state index in [-0.39, 0.29) is 16.8 Å². The first kappa shape index (κ1) is 23.4. The van der Waals surface area contributed by atoms with Crippen LogP contribution in [-0.2, 0) is 17.2 Å². The highest BCUT2D eigenvalue weighted by Crippen LogP contribution is 2.37. The minimum Gasteiger partial charge on any atom is -0.376 e. The van der Waals surface area contributed by atoms with Crippen LogP contribution in [0.15, 0.2) is 54.6 Å². The molecule has 31 heavy (non-hydrogen) atoms. The highest BCUT2D eigenvalue weighted by atomic mass is 32.2. The van der Waals surface area contributed by atoms with E-state index >= 15 is 0 Å². The minimum absolute atomic E-state index is 0.0499. The number of aryl methyl sites for hydroxylation is 1. The van der Waals surface area contributed by atoms with Gasteiger partial charge in [0.05, 0.1) is 0 Å². The molecule has 0 saturated carbocycles. The molecule has 0 aliphatic heterocycles. The summed E-state index contributed by atoms with van der Waals surface area (Å²) in [5, 5.41) is 2.58. The third-order valence-electron chi connectivity index (χ3n) is 6.01. The molecular weight excluding hydrogens is 443 g/mol. The van der Waals surface area contributed by atoms with Gasteiger partial charge in [0, 0.05) is 17.9 Å². The second-order valence-corrected chi connectivity index (χ2v) is 14.9. The Labute approximate surface area is 181 Å². The monoisotopic (exact) mass is 469 g/mol. The van der Waals surface area contributed by atoms with Crippen LogP contribution in [0.1, 0.15) is 27.7 Å². The molecule has 0 unspecified atom stereocenters. The van der Waals surface area contributed by atoms with Crippen molar-refractivity contribution >= 4 is 39.6 Å². The summed E-state index contributed by atoms with van der Waals surface area (Å²) < 4.78 is 69.7. The number of para-hydroxylation sites is 2. The van der Waals surface area contributed by atoms with Crippen molar-refractivity contribution in [1.82, 2.24) is 4.57 Å². The van der Waals surface area contributed by atoms with Gasteiger partial charge >= 0.3 is 15.6 Å². The van der Waals surface area contributed by atoms with E-state index in [4.69, 9.17) is 4.18 Å². The van der Waals surface area contributed by atoms with Gasteiger partial charge in [-0.15, -0.1) is 0 Å². The van der Waals surface area contributed by atoms with Crippen LogP contribution in [0.25, 0.3) is 10.9 Å². The van der Waals surface area contributed by atoms with Gasteiger partial charge in [0.15, 0.2) is 0 Å². The first-order valence-electron chi connectivity index (χ1n) is 9.99. The lowest BCUT2D eigenvalue weighted by molar-refractivity contribution is -0.0499. The fraction of sp³-hybridized carbons (Fsp3) is 0.364. The summed E-state index contributed by atoms with van der Waals surface area (Å²) in [5.74, 6) is -0.251. The molecule has 0 atom stereocenters. The first-order valence-corrected chi connectivity index (χ1v) is 13.6. The Morgan fingerprint density at radius 2 is 1.48 bits per heavy atom. The quantitative estimate of drug-likeness (QED) is 0.296. The molecule has 1 heterocycles. The van der Waals surface area contributed by atoms with Crippen LogP contribution in [0.2, 0.25) is 11.1 Å². The molecule has 0 fully saturated rings. The van der Waals surface area contributed by atoms with Crippen molar-refractivity contribution in [3.63, 3.8) is 0 Å². The van der Waals surface area contributed by atoms with E-state index in [1.807, 2.05) is 59.0 Å². The summed E-state index contributed by atoms with van der Waals surface area (Å²) in [6, 6.07) is 16.2. The number of rotatable bonds is 6. The third-order valence-corrected chi connectivity index (χ3v) is 13.3. The number of benzene rings is 2. The normalized spacial score (nSPS) is 13.4. The number of halogens is 3. The zero-order valence-electron chi connectivity index (χ0n) is 18.1. The largest absolute Gasteiger partial charge is 0.534 e. The van der Waals surface area contributed by atoms with E-state index in [9.17, 15) is 21.6 Å². The molecule has 0 aliphatic rings. The van der Waals surface area contributed by atoms with Crippen molar-refractivity contribution in [2.75, 3.05) is 0 Å². The van der Waals surface area contributed by atoms with E-state index in [0.29, 0.717) is 5.19 Å². The number of nitrogens with zero attached hydrogens (tertiary/aromatic N) is 1. The Morgan fingerprint density at radius 1 is 0.935 bits per heavy atom. The van der Waals surface area contributed by atoms with Gasteiger partial charge < -0.3 is 8.75 Å². The van der Waals surface area contributed by atoms with Crippen LogP contribution in [0.3, 0.4) is 0 Å². The van der Waals surface area contributed by atoms with E-state index in [1.54, 1.807) is 12.1 Å². The maximum absolute atomic E-state index is 13.1. The maximum atomic E-state index is 13.1. The zero-order chi connectivity index (χ0) is 23.2. The minimum atomic E-state index is -5.79. The van der Waals surface area contributed by atoms with Crippen LogP contribution in [0, 0.1) is 0 Å². The second-order valence-electron chi connectivity index (χ2n) is 8.31. The van der Waals surface area contributed by atoms with Gasteiger partial charge in [-0.1, -0.05) is 64.1 Å². The lowest BCUT2D eigenvalue weighted by Crippen LogP contribution is -2.64. The molecule has 3 aromatic rings. The molecule has 0 radical (unpaired) electrons. The molecule has 0 N–H and O–H groups in total. The fourth-order valence-electron chi connectivity index (χ4n) is 4.75. The van der Waals surface area contributed by atoms with Crippen LogP contribution in [0.5, 0.6) is 5.75 Å². The lowest BCUT2D eigenvalue weighted by Gasteiger charge is -2.41. The van der Waals surface area contributed by atoms with E-state index in [2.05, 4.69) is 10.6 Å².